The number of carbonyl (C=O) groups is 3. The molecule has 220 valence electrons. The zero-order valence-electron chi connectivity index (χ0n) is 20.9. The largest absolute Gasteiger partial charge is 0.490 e. The second-order valence-corrected chi connectivity index (χ2v) is 9.25. The minimum atomic E-state index is -5.08. The van der Waals surface area contributed by atoms with Crippen LogP contribution in [0.15, 0.2) is 66.9 Å². The Bertz CT molecular complexity index is 1660. The number of anilines is 1. The van der Waals surface area contributed by atoms with Crippen LogP contribution in [0.1, 0.15) is 15.9 Å². The number of nitrogens with one attached hydrogen (secondary N) is 2. The second-order valence-electron chi connectivity index (χ2n) is 8.41. The summed E-state index contributed by atoms with van der Waals surface area (Å²) < 4.78 is 37.2. The highest BCUT2D eigenvalue weighted by molar-refractivity contribution is 6.34. The van der Waals surface area contributed by atoms with Gasteiger partial charge >= 0.3 is 18.1 Å². The van der Waals surface area contributed by atoms with E-state index in [0.717, 1.165) is 22.5 Å². The van der Waals surface area contributed by atoms with Crippen LogP contribution in [-0.4, -0.2) is 45.1 Å². The van der Waals surface area contributed by atoms with Gasteiger partial charge in [-0.15, -0.1) is 0 Å². The predicted molar refractivity (Wildman–Crippen MR) is 147 cm³/mol. The zero-order valence-corrected chi connectivity index (χ0v) is 22.5. The van der Waals surface area contributed by atoms with Crippen molar-refractivity contribution < 1.29 is 42.3 Å². The van der Waals surface area contributed by atoms with E-state index in [-0.39, 0.29) is 39.2 Å². The van der Waals surface area contributed by atoms with E-state index in [1.54, 1.807) is 6.20 Å². The maximum Gasteiger partial charge on any atom is 0.490 e. The summed E-state index contributed by atoms with van der Waals surface area (Å²) in [6.45, 7) is 0. The first-order valence-electron chi connectivity index (χ1n) is 11.5. The lowest BCUT2D eigenvalue weighted by atomic mass is 10.1. The van der Waals surface area contributed by atoms with Gasteiger partial charge in [-0.25, -0.2) is 9.59 Å². The van der Waals surface area contributed by atoms with Gasteiger partial charge in [-0.1, -0.05) is 41.4 Å². The molecule has 0 aliphatic carbocycles. The van der Waals surface area contributed by atoms with Gasteiger partial charge in [0.15, 0.2) is 0 Å². The number of aliphatic carboxylic acids is 1. The molecule has 16 heteroatoms. The summed E-state index contributed by atoms with van der Waals surface area (Å²) in [5, 5.41) is 21.7. The average molecular weight is 627 g/mol. The first-order chi connectivity index (χ1) is 19.7. The fraction of sp³-hybridized carbons (Fsp3) is 0.115. The summed E-state index contributed by atoms with van der Waals surface area (Å²) in [6.07, 6.45) is -3.08. The number of aromatic amines is 1. The monoisotopic (exact) mass is 626 g/mol. The normalized spacial score (nSPS) is 11.7. The number of benzene rings is 3. The lowest BCUT2D eigenvalue weighted by molar-refractivity contribution is -0.384. The lowest BCUT2D eigenvalue weighted by Gasteiger charge is -2.14. The van der Waals surface area contributed by atoms with Crippen molar-refractivity contribution in [2.45, 2.75) is 18.6 Å². The third-order valence-corrected chi connectivity index (χ3v) is 6.02. The minimum absolute atomic E-state index is 0.0334. The highest BCUT2D eigenvalue weighted by Crippen LogP contribution is 2.29. The maximum atomic E-state index is 12.9. The highest BCUT2D eigenvalue weighted by atomic mass is 35.5. The van der Waals surface area contributed by atoms with Gasteiger partial charge in [-0.05, 0) is 35.9 Å². The summed E-state index contributed by atoms with van der Waals surface area (Å²) >= 11 is 12.1. The van der Waals surface area contributed by atoms with E-state index in [4.69, 9.17) is 43.6 Å². The number of halogens is 5. The summed E-state index contributed by atoms with van der Waals surface area (Å²) in [4.78, 5) is 48.0. The Kier molecular flexibility index (Phi) is 10.1. The molecule has 3 aromatic carbocycles. The molecule has 0 fully saturated rings. The van der Waals surface area contributed by atoms with Crippen LogP contribution in [0.3, 0.4) is 0 Å². The molecule has 1 aromatic heterocycles. The number of hydrogen-bond donors (Lipinski definition) is 4. The number of alkyl halides is 3. The molecule has 5 N–H and O–H groups in total. The average Bonchev–Trinajstić information content (AvgIpc) is 3.33. The number of esters is 1. The minimum Gasteiger partial charge on any atom is -0.475 e. The first kappa shape index (κ1) is 31.9. The number of H-pyrrole nitrogens is 1. The summed E-state index contributed by atoms with van der Waals surface area (Å²) in [6, 6.07) is 14.4. The molecule has 11 nitrogen and oxygen atoms in total. The van der Waals surface area contributed by atoms with Crippen molar-refractivity contribution in [3.05, 3.63) is 98.1 Å². The molecule has 1 heterocycles. The zero-order chi connectivity index (χ0) is 31.2. The van der Waals surface area contributed by atoms with E-state index in [2.05, 4.69) is 10.3 Å². The molecule has 4 rings (SSSR count). The predicted octanol–water partition coefficient (Wildman–Crippen LogP) is 5.74. The number of carboxylic acids is 1. The van der Waals surface area contributed by atoms with Crippen molar-refractivity contribution in [2.24, 2.45) is 5.73 Å². The lowest BCUT2D eigenvalue weighted by Crippen LogP contribution is -2.36. The molecule has 42 heavy (non-hydrogen) atoms. The molecule has 1 atom stereocenters. The molecule has 0 spiro atoms. The maximum absolute atomic E-state index is 12.9. The van der Waals surface area contributed by atoms with Crippen molar-refractivity contribution in [1.82, 2.24) is 4.98 Å². The molecular formula is C26H19Cl2F3N4O7. The van der Waals surface area contributed by atoms with Crippen LogP contribution in [0.5, 0.6) is 5.75 Å². The van der Waals surface area contributed by atoms with Crippen LogP contribution in [0.25, 0.3) is 10.9 Å². The molecule has 0 unspecified atom stereocenters. The Hall–Kier alpha value is -4.66. The number of aromatic nitrogens is 1. The smallest absolute Gasteiger partial charge is 0.475 e. The number of hydrogen-bond acceptors (Lipinski definition) is 7. The highest BCUT2D eigenvalue weighted by Gasteiger charge is 2.38. The third-order valence-electron chi connectivity index (χ3n) is 5.47. The van der Waals surface area contributed by atoms with Crippen molar-refractivity contribution in [3.63, 3.8) is 0 Å². The molecule has 0 aliphatic heterocycles. The number of fused-ring (bicyclic) bond motifs is 1. The Morgan fingerprint density at radius 1 is 1.10 bits per heavy atom. The van der Waals surface area contributed by atoms with Crippen LogP contribution in [0.2, 0.25) is 10.0 Å². The Morgan fingerprint density at radius 3 is 2.38 bits per heavy atom. The van der Waals surface area contributed by atoms with Gasteiger partial charge in [0.05, 0.1) is 21.2 Å². The standard InChI is InChI=1S/C24H18Cl2N4O5.C2HF3O2/c25-14-5-8-22(17(10-14)23(31)29-21-7-6-15(30(33)34)11-18(21)26)35-24(32)19(27)9-13-12-28-20-4-2-1-3-16(13)20;3-2(4,5)1(6)7/h1-8,10-12,19,28H,9,27H2,(H,29,31);(H,6,7)/t19-;/m0./s1. The number of amides is 1. The van der Waals surface area contributed by atoms with Crippen LogP contribution >= 0.6 is 23.2 Å². The summed E-state index contributed by atoms with van der Waals surface area (Å²) in [5.74, 6) is -4.23. The fourth-order valence-corrected chi connectivity index (χ4v) is 3.88. The topological polar surface area (TPSA) is 178 Å². The summed E-state index contributed by atoms with van der Waals surface area (Å²) in [7, 11) is 0. The van der Waals surface area contributed by atoms with E-state index >= 15 is 0 Å². The number of para-hydroxylation sites is 1. The number of ether oxygens (including phenoxy) is 1. The van der Waals surface area contributed by atoms with Crippen molar-refractivity contribution in [2.75, 3.05) is 5.32 Å². The second kappa shape index (κ2) is 13.3. The van der Waals surface area contributed by atoms with Gasteiger partial charge in [-0.2, -0.15) is 13.2 Å². The molecule has 4 aromatic rings. The van der Waals surface area contributed by atoms with Gasteiger partial charge in [0.2, 0.25) is 0 Å². The Labute approximate surface area is 244 Å². The van der Waals surface area contributed by atoms with E-state index < -0.39 is 35.0 Å². The fourth-order valence-electron chi connectivity index (χ4n) is 3.48. The Balaban J connectivity index is 0.000000616. The first-order valence-corrected chi connectivity index (χ1v) is 12.3. The number of nitro groups is 1. The third kappa shape index (κ3) is 8.19. The van der Waals surface area contributed by atoms with Crippen molar-refractivity contribution in [3.8, 4) is 5.75 Å². The molecule has 0 bridgehead atoms. The summed E-state index contributed by atoms with van der Waals surface area (Å²) in [5.41, 5.74) is 7.74. The van der Waals surface area contributed by atoms with E-state index in [0.29, 0.717) is 0 Å². The van der Waals surface area contributed by atoms with Crippen molar-refractivity contribution >= 4 is 63.3 Å². The van der Waals surface area contributed by atoms with Crippen molar-refractivity contribution in [1.29, 1.82) is 0 Å². The quantitative estimate of drug-likeness (QED) is 0.0867. The van der Waals surface area contributed by atoms with Crippen LogP contribution < -0.4 is 15.8 Å². The number of nitrogens with two attached hydrogens (primary N) is 1. The number of nitro benzene ring substituents is 1. The molecule has 0 saturated heterocycles. The number of carbonyl (C=O) groups excluding carboxylic acids is 2. The molecule has 0 radical (unpaired) electrons. The van der Waals surface area contributed by atoms with E-state index in [9.17, 15) is 32.9 Å². The molecule has 0 aliphatic rings. The SMILES string of the molecule is N[C@@H](Cc1c[nH]c2ccccc12)C(=O)Oc1ccc(Cl)cc1C(=O)Nc1ccc([N+](=O)[O-])cc1Cl.O=C(O)C(F)(F)F. The number of rotatable bonds is 7. The Morgan fingerprint density at radius 2 is 1.76 bits per heavy atom. The van der Waals surface area contributed by atoms with Gasteiger partial charge in [0.25, 0.3) is 11.6 Å². The van der Waals surface area contributed by atoms with Gasteiger partial charge < -0.3 is 25.9 Å². The van der Waals surface area contributed by atoms with E-state index in [1.165, 1.54) is 30.3 Å². The van der Waals surface area contributed by atoms with E-state index in [1.807, 2.05) is 24.3 Å². The molecular weight excluding hydrogens is 608 g/mol. The van der Waals surface area contributed by atoms with Gasteiger partial charge in [0, 0.05) is 40.7 Å². The van der Waals surface area contributed by atoms with Crippen LogP contribution in [0.4, 0.5) is 24.5 Å². The molecule has 0 saturated carbocycles. The number of nitrogens with zero attached hydrogens (tertiary/aromatic N) is 1. The number of carboxylic acid groups (broad SMARTS) is 1. The van der Waals surface area contributed by atoms with Gasteiger partial charge in [-0.3, -0.25) is 14.9 Å². The molecule has 1 amide bonds. The van der Waals surface area contributed by atoms with Crippen LogP contribution in [-0.2, 0) is 16.0 Å². The number of non-ortho nitro benzene ring substituents is 1. The van der Waals surface area contributed by atoms with Gasteiger partial charge in [0.1, 0.15) is 11.8 Å². The van der Waals surface area contributed by atoms with Crippen LogP contribution in [0, 0.1) is 10.1 Å².